The average Bonchev–Trinajstić information content (AvgIpc) is 3.72. The molecule has 0 spiro atoms. The van der Waals surface area contributed by atoms with Gasteiger partial charge in [-0.05, 0) is 25.7 Å². The highest BCUT2D eigenvalue weighted by molar-refractivity contribution is 6.37. The Morgan fingerprint density at radius 2 is 1.46 bits per heavy atom. The fourth-order valence-corrected chi connectivity index (χ4v) is 5.27. The molecule has 0 aromatic carbocycles. The summed E-state index contributed by atoms with van der Waals surface area (Å²) in [5.41, 5.74) is 5.81. The fourth-order valence-electron chi connectivity index (χ4n) is 5.27. The van der Waals surface area contributed by atoms with Crippen molar-refractivity contribution in [3.63, 3.8) is 0 Å². The van der Waals surface area contributed by atoms with E-state index >= 15 is 0 Å². The second-order valence-electron chi connectivity index (χ2n) is 11.4. The first-order chi connectivity index (χ1) is 18.6. The molecule has 39 heavy (non-hydrogen) atoms. The summed E-state index contributed by atoms with van der Waals surface area (Å²) in [6.07, 6.45) is 15.5. The lowest BCUT2D eigenvalue weighted by molar-refractivity contribution is -0.141. The van der Waals surface area contributed by atoms with E-state index in [1.165, 1.54) is 51.9 Å². The number of Topliss-reactive ketones (excluding diaryl/α,β-unsaturated/α-hetero) is 4. The highest BCUT2D eigenvalue weighted by Gasteiger charge is 2.43. The fraction of sp³-hybridized carbons (Fsp3) is 0.758. The molecule has 0 aliphatic heterocycles. The Kier molecular flexibility index (Phi) is 17.1. The highest BCUT2D eigenvalue weighted by Crippen LogP contribution is 2.32. The molecule has 3 unspecified atom stereocenters. The molecule has 0 heterocycles. The van der Waals surface area contributed by atoms with E-state index in [1.54, 1.807) is 13.0 Å². The SMILES string of the molecule is C=CC1(C(NNCCCCCCCCCC)C(=O)CCCC[C@H](C)C(=O)C(C)C(CCC)C(=O)C(C)=O)C#C1. The zero-order valence-electron chi connectivity index (χ0n) is 25.3. The molecule has 1 aliphatic carbocycles. The van der Waals surface area contributed by atoms with Crippen LogP contribution >= 0.6 is 0 Å². The number of unbranched alkanes of at least 4 members (excludes halogenated alkanes) is 8. The van der Waals surface area contributed by atoms with E-state index in [4.69, 9.17) is 0 Å². The molecule has 0 saturated carbocycles. The molecule has 6 nitrogen and oxygen atoms in total. The van der Waals surface area contributed by atoms with E-state index in [0.717, 1.165) is 25.8 Å². The van der Waals surface area contributed by atoms with Gasteiger partial charge in [0.2, 0.25) is 5.78 Å². The second kappa shape index (κ2) is 19.1. The zero-order valence-corrected chi connectivity index (χ0v) is 25.3. The molecule has 220 valence electrons. The average molecular weight is 543 g/mol. The number of carbonyl (C=O) groups is 4. The third-order valence-corrected chi connectivity index (χ3v) is 8.05. The van der Waals surface area contributed by atoms with Crippen molar-refractivity contribution < 1.29 is 19.2 Å². The summed E-state index contributed by atoms with van der Waals surface area (Å²) in [6.45, 7) is 13.8. The maximum Gasteiger partial charge on any atom is 0.201 e. The largest absolute Gasteiger partial charge is 0.299 e. The lowest BCUT2D eigenvalue weighted by atomic mass is 9.78. The maximum atomic E-state index is 13.1. The van der Waals surface area contributed by atoms with Crippen LogP contribution < -0.4 is 10.9 Å². The minimum absolute atomic E-state index is 0.0241. The number of hydrogen-bond acceptors (Lipinski definition) is 6. The van der Waals surface area contributed by atoms with Crippen LogP contribution in [0.5, 0.6) is 0 Å². The van der Waals surface area contributed by atoms with Crippen LogP contribution in [0.25, 0.3) is 0 Å². The monoisotopic (exact) mass is 542 g/mol. The molecule has 0 saturated heterocycles. The predicted molar refractivity (Wildman–Crippen MR) is 159 cm³/mol. The Labute approximate surface area is 237 Å². The minimum Gasteiger partial charge on any atom is -0.299 e. The summed E-state index contributed by atoms with van der Waals surface area (Å²) in [5.74, 6) is 4.05. The van der Waals surface area contributed by atoms with Crippen molar-refractivity contribution in [2.75, 3.05) is 6.54 Å². The Hall–Kier alpha value is -2.10. The molecule has 0 aromatic heterocycles. The van der Waals surface area contributed by atoms with Crippen LogP contribution in [-0.4, -0.2) is 35.7 Å². The number of nitrogens with one attached hydrogen (secondary N) is 2. The van der Waals surface area contributed by atoms with Gasteiger partial charge in [0.1, 0.15) is 17.2 Å². The first-order valence-corrected chi connectivity index (χ1v) is 15.4. The molecule has 4 atom stereocenters. The summed E-state index contributed by atoms with van der Waals surface area (Å²) >= 11 is 0. The lowest BCUT2D eigenvalue weighted by Gasteiger charge is -2.24. The predicted octanol–water partition coefficient (Wildman–Crippen LogP) is 6.32. The number of rotatable bonds is 26. The number of ketones is 4. The third kappa shape index (κ3) is 12.3. The van der Waals surface area contributed by atoms with Gasteiger partial charge in [-0.2, -0.15) is 0 Å². The van der Waals surface area contributed by atoms with Gasteiger partial charge in [-0.1, -0.05) is 103 Å². The first kappa shape index (κ1) is 34.9. The van der Waals surface area contributed by atoms with Crippen LogP contribution in [0, 0.1) is 35.0 Å². The van der Waals surface area contributed by atoms with Gasteiger partial charge in [-0.15, -0.1) is 6.58 Å². The van der Waals surface area contributed by atoms with Gasteiger partial charge in [0, 0.05) is 37.6 Å². The topological polar surface area (TPSA) is 92.3 Å². The number of hydrogen-bond donors (Lipinski definition) is 2. The minimum atomic E-state index is -0.639. The number of hydrazine groups is 1. The molecule has 0 amide bonds. The van der Waals surface area contributed by atoms with E-state index in [-0.39, 0.29) is 17.5 Å². The molecular formula is C33H54N2O4. The molecule has 6 heteroatoms. The van der Waals surface area contributed by atoms with Crippen molar-refractivity contribution in [3.8, 4) is 11.8 Å². The molecule has 1 rings (SSSR count). The molecule has 1 aliphatic rings. The Balaban J connectivity index is 2.43. The van der Waals surface area contributed by atoms with Crippen molar-refractivity contribution in [3.05, 3.63) is 12.7 Å². The molecule has 0 aromatic rings. The summed E-state index contributed by atoms with van der Waals surface area (Å²) in [7, 11) is 0. The quantitative estimate of drug-likeness (QED) is 0.0437. The molecule has 0 fully saturated rings. The van der Waals surface area contributed by atoms with Gasteiger partial charge in [0.05, 0.1) is 0 Å². The standard InChI is InChI=1S/C33H54N2O4/c1-7-10-11-12-13-14-15-18-24-34-35-32(33(9-3)22-23-33)29(37)21-17-16-20-25(4)30(38)26(5)28(19-8-2)31(39)27(6)36/h9,25-26,28,32,34-35H,3,7-8,10-21,24H2,1-2,4-6H3/t25-,26?,28?,32?/m0/s1. The van der Waals surface area contributed by atoms with Crippen LogP contribution in [-0.2, 0) is 19.2 Å². The summed E-state index contributed by atoms with van der Waals surface area (Å²) in [4.78, 5) is 50.1. The first-order valence-electron chi connectivity index (χ1n) is 15.4. The third-order valence-electron chi connectivity index (χ3n) is 8.05. The van der Waals surface area contributed by atoms with Crippen molar-refractivity contribution in [2.24, 2.45) is 23.2 Å². The highest BCUT2D eigenvalue weighted by atomic mass is 16.2. The maximum absolute atomic E-state index is 13.1. The Bertz CT molecular complexity index is 861. The molecule has 0 radical (unpaired) electrons. The van der Waals surface area contributed by atoms with E-state index in [2.05, 4.69) is 36.2 Å². The van der Waals surface area contributed by atoms with Gasteiger partial charge < -0.3 is 0 Å². The van der Waals surface area contributed by atoms with Crippen LogP contribution in [0.1, 0.15) is 125 Å². The molecule has 0 bridgehead atoms. The van der Waals surface area contributed by atoms with E-state index in [0.29, 0.717) is 25.7 Å². The molecule has 2 N–H and O–H groups in total. The van der Waals surface area contributed by atoms with Crippen molar-refractivity contribution in [1.82, 2.24) is 10.9 Å². The molecular weight excluding hydrogens is 488 g/mol. The van der Waals surface area contributed by atoms with Crippen molar-refractivity contribution in [2.45, 2.75) is 131 Å². The van der Waals surface area contributed by atoms with Gasteiger partial charge in [0.15, 0.2) is 11.6 Å². The van der Waals surface area contributed by atoms with Crippen LogP contribution in [0.2, 0.25) is 0 Å². The Morgan fingerprint density at radius 3 is 2.00 bits per heavy atom. The number of carbonyl (C=O) groups excluding carboxylic acids is 4. The second-order valence-corrected chi connectivity index (χ2v) is 11.4. The van der Waals surface area contributed by atoms with E-state index in [1.807, 2.05) is 13.8 Å². The smallest absolute Gasteiger partial charge is 0.201 e. The van der Waals surface area contributed by atoms with Crippen LogP contribution in [0.3, 0.4) is 0 Å². The van der Waals surface area contributed by atoms with Gasteiger partial charge >= 0.3 is 0 Å². The van der Waals surface area contributed by atoms with Gasteiger partial charge in [-0.25, -0.2) is 5.43 Å². The van der Waals surface area contributed by atoms with E-state index in [9.17, 15) is 19.2 Å². The van der Waals surface area contributed by atoms with Crippen LogP contribution in [0.4, 0.5) is 0 Å². The zero-order chi connectivity index (χ0) is 29.3. The summed E-state index contributed by atoms with van der Waals surface area (Å²) in [6, 6.07) is -0.476. The van der Waals surface area contributed by atoms with E-state index < -0.39 is 34.9 Å². The Morgan fingerprint density at radius 1 is 0.846 bits per heavy atom. The van der Waals surface area contributed by atoms with Crippen LogP contribution in [0.15, 0.2) is 12.7 Å². The summed E-state index contributed by atoms with van der Waals surface area (Å²) < 4.78 is 0. The van der Waals surface area contributed by atoms with Gasteiger partial charge in [0.25, 0.3) is 0 Å². The summed E-state index contributed by atoms with van der Waals surface area (Å²) in [5, 5.41) is 0. The lowest BCUT2D eigenvalue weighted by Crippen LogP contribution is -2.51. The normalized spacial score (nSPS) is 16.3. The van der Waals surface area contributed by atoms with Crippen molar-refractivity contribution in [1.29, 1.82) is 0 Å². The van der Waals surface area contributed by atoms with Crippen molar-refractivity contribution >= 4 is 23.1 Å². The van der Waals surface area contributed by atoms with Gasteiger partial charge in [-0.3, -0.25) is 24.6 Å².